The van der Waals surface area contributed by atoms with Gasteiger partial charge in [0.25, 0.3) is 5.91 Å². The molecule has 0 aromatic carbocycles. The smallest absolute Gasteiger partial charge is 0.250 e. The lowest BCUT2D eigenvalue weighted by Gasteiger charge is -2.04. The van der Waals surface area contributed by atoms with E-state index in [0.717, 1.165) is 6.20 Å². The topological polar surface area (TPSA) is 56.0 Å². The molecule has 0 saturated carbocycles. The van der Waals surface area contributed by atoms with E-state index in [1.807, 2.05) is 0 Å². The zero-order valence-electron chi connectivity index (χ0n) is 6.89. The van der Waals surface area contributed by atoms with Crippen LogP contribution < -0.4 is 5.73 Å². The largest absolute Gasteiger partial charge is 0.366 e. The molecule has 12 heavy (non-hydrogen) atoms. The molecule has 3 nitrogen and oxygen atoms in total. The molecule has 0 unspecified atom stereocenters. The van der Waals surface area contributed by atoms with Gasteiger partial charge in [-0.1, -0.05) is 0 Å². The minimum absolute atomic E-state index is 0.176. The molecule has 2 N–H and O–H groups in total. The third kappa shape index (κ3) is 1.28. The summed E-state index contributed by atoms with van der Waals surface area (Å²) in [6, 6.07) is 0. The van der Waals surface area contributed by atoms with Gasteiger partial charge in [0.15, 0.2) is 0 Å². The van der Waals surface area contributed by atoms with Crippen LogP contribution in [0.4, 0.5) is 4.39 Å². The maximum atomic E-state index is 12.8. The highest BCUT2D eigenvalue weighted by molar-refractivity contribution is 5.95. The fourth-order valence-electron chi connectivity index (χ4n) is 1.07. The molecule has 1 amide bonds. The average molecular weight is 168 g/mol. The van der Waals surface area contributed by atoms with Gasteiger partial charge in [0.2, 0.25) is 0 Å². The monoisotopic (exact) mass is 168 g/mol. The van der Waals surface area contributed by atoms with Crippen molar-refractivity contribution in [2.45, 2.75) is 13.8 Å². The Morgan fingerprint density at radius 3 is 2.58 bits per heavy atom. The summed E-state index contributed by atoms with van der Waals surface area (Å²) < 4.78 is 12.8. The van der Waals surface area contributed by atoms with E-state index in [0.29, 0.717) is 5.69 Å². The number of pyridine rings is 1. The second-order valence-electron chi connectivity index (χ2n) is 2.56. The summed E-state index contributed by atoms with van der Waals surface area (Å²) in [5, 5.41) is 0. The number of amides is 1. The van der Waals surface area contributed by atoms with Gasteiger partial charge >= 0.3 is 0 Å². The van der Waals surface area contributed by atoms with Crippen LogP contribution in [0.1, 0.15) is 21.6 Å². The van der Waals surface area contributed by atoms with Gasteiger partial charge in [-0.15, -0.1) is 0 Å². The number of hydrogen-bond acceptors (Lipinski definition) is 2. The van der Waals surface area contributed by atoms with Gasteiger partial charge in [0.05, 0.1) is 17.5 Å². The molecule has 64 valence electrons. The Labute approximate surface area is 69.4 Å². The van der Waals surface area contributed by atoms with Gasteiger partial charge < -0.3 is 5.73 Å². The Morgan fingerprint density at radius 2 is 2.17 bits per heavy atom. The van der Waals surface area contributed by atoms with E-state index in [1.54, 1.807) is 6.92 Å². The number of nitrogens with two attached hydrogens (primary N) is 1. The number of rotatable bonds is 1. The fourth-order valence-corrected chi connectivity index (χ4v) is 1.07. The Morgan fingerprint density at radius 1 is 1.58 bits per heavy atom. The van der Waals surface area contributed by atoms with Crippen LogP contribution in [0.5, 0.6) is 0 Å². The Bertz CT molecular complexity index is 336. The van der Waals surface area contributed by atoms with E-state index < -0.39 is 11.7 Å². The molecule has 1 rings (SSSR count). The molecule has 4 heteroatoms. The molecule has 1 aromatic heterocycles. The number of hydrogen-bond donors (Lipinski definition) is 1. The molecule has 0 aliphatic rings. The highest BCUT2D eigenvalue weighted by atomic mass is 19.1. The summed E-state index contributed by atoms with van der Waals surface area (Å²) in [6.45, 7) is 3.12. The van der Waals surface area contributed by atoms with Crippen LogP contribution in [0, 0.1) is 19.7 Å². The summed E-state index contributed by atoms with van der Waals surface area (Å²) in [7, 11) is 0. The quantitative estimate of drug-likeness (QED) is 0.678. The molecule has 0 atom stereocenters. The number of carbonyl (C=O) groups excluding carboxylic acids is 1. The average Bonchev–Trinajstić information content (AvgIpc) is 1.97. The number of aromatic nitrogens is 1. The summed E-state index contributed by atoms with van der Waals surface area (Å²) >= 11 is 0. The lowest BCUT2D eigenvalue weighted by Crippen LogP contribution is -2.16. The van der Waals surface area contributed by atoms with Gasteiger partial charge in [-0.05, 0) is 13.8 Å². The van der Waals surface area contributed by atoms with E-state index in [2.05, 4.69) is 4.98 Å². The van der Waals surface area contributed by atoms with Crippen LogP contribution in [0.3, 0.4) is 0 Å². The van der Waals surface area contributed by atoms with Crippen LogP contribution in [0.25, 0.3) is 0 Å². The Kier molecular flexibility index (Phi) is 2.08. The van der Waals surface area contributed by atoms with E-state index in [1.165, 1.54) is 6.92 Å². The standard InChI is InChI=1S/C8H9FN2O/c1-4-6(9)3-11-5(2)7(4)8(10)12/h3H,1-2H3,(H2,10,12). The number of nitrogens with zero attached hydrogens (tertiary/aromatic N) is 1. The molecule has 0 radical (unpaired) electrons. The van der Waals surface area contributed by atoms with E-state index in [9.17, 15) is 9.18 Å². The molecular formula is C8H9FN2O. The van der Waals surface area contributed by atoms with E-state index in [4.69, 9.17) is 5.73 Å². The first kappa shape index (κ1) is 8.64. The Balaban J connectivity index is 3.43. The number of aryl methyl sites for hydroxylation is 1. The molecule has 0 fully saturated rings. The lowest BCUT2D eigenvalue weighted by molar-refractivity contribution is 0.0998. The first-order valence-corrected chi connectivity index (χ1v) is 3.45. The molecule has 1 heterocycles. The minimum Gasteiger partial charge on any atom is -0.366 e. The third-order valence-electron chi connectivity index (χ3n) is 1.71. The zero-order chi connectivity index (χ0) is 9.30. The van der Waals surface area contributed by atoms with Crippen molar-refractivity contribution in [1.82, 2.24) is 4.98 Å². The fraction of sp³-hybridized carbons (Fsp3) is 0.250. The van der Waals surface area contributed by atoms with Gasteiger partial charge in [-0.3, -0.25) is 9.78 Å². The normalized spacial score (nSPS) is 9.92. The van der Waals surface area contributed by atoms with Crippen LogP contribution >= 0.6 is 0 Å². The highest BCUT2D eigenvalue weighted by Gasteiger charge is 2.12. The molecule has 0 aliphatic carbocycles. The summed E-state index contributed by atoms with van der Waals surface area (Å²) in [4.78, 5) is 14.5. The van der Waals surface area contributed by atoms with Gasteiger partial charge in [0, 0.05) is 5.56 Å². The SMILES string of the molecule is Cc1ncc(F)c(C)c1C(N)=O. The number of halogens is 1. The van der Waals surface area contributed by atoms with Crippen LogP contribution in [-0.4, -0.2) is 10.9 Å². The Hall–Kier alpha value is -1.45. The van der Waals surface area contributed by atoms with Crippen molar-refractivity contribution in [2.24, 2.45) is 5.73 Å². The molecule has 0 spiro atoms. The molecule has 1 aromatic rings. The number of carbonyl (C=O) groups is 1. The van der Waals surface area contributed by atoms with Crippen molar-refractivity contribution in [1.29, 1.82) is 0 Å². The van der Waals surface area contributed by atoms with Crippen molar-refractivity contribution in [3.8, 4) is 0 Å². The first-order valence-electron chi connectivity index (χ1n) is 3.45. The van der Waals surface area contributed by atoms with Crippen molar-refractivity contribution in [3.63, 3.8) is 0 Å². The summed E-state index contributed by atoms with van der Waals surface area (Å²) in [6.07, 6.45) is 1.08. The van der Waals surface area contributed by atoms with Gasteiger partial charge in [-0.25, -0.2) is 4.39 Å². The molecule has 0 saturated heterocycles. The summed E-state index contributed by atoms with van der Waals surface area (Å²) in [5.41, 5.74) is 5.93. The second-order valence-corrected chi connectivity index (χ2v) is 2.56. The predicted molar refractivity (Wildman–Crippen MR) is 42.2 cm³/mol. The minimum atomic E-state index is -0.642. The molecular weight excluding hydrogens is 159 g/mol. The van der Waals surface area contributed by atoms with Crippen molar-refractivity contribution >= 4 is 5.91 Å². The lowest BCUT2D eigenvalue weighted by atomic mass is 10.1. The molecule has 0 aliphatic heterocycles. The third-order valence-corrected chi connectivity index (χ3v) is 1.71. The van der Waals surface area contributed by atoms with E-state index >= 15 is 0 Å². The van der Waals surface area contributed by atoms with Crippen LogP contribution in [0.2, 0.25) is 0 Å². The highest BCUT2D eigenvalue weighted by Crippen LogP contribution is 2.13. The van der Waals surface area contributed by atoms with Crippen molar-refractivity contribution < 1.29 is 9.18 Å². The van der Waals surface area contributed by atoms with E-state index in [-0.39, 0.29) is 11.1 Å². The van der Waals surface area contributed by atoms with Gasteiger partial charge in [0.1, 0.15) is 5.82 Å². The van der Waals surface area contributed by atoms with Crippen molar-refractivity contribution in [2.75, 3.05) is 0 Å². The maximum absolute atomic E-state index is 12.8. The zero-order valence-corrected chi connectivity index (χ0v) is 6.89. The van der Waals surface area contributed by atoms with Crippen LogP contribution in [-0.2, 0) is 0 Å². The van der Waals surface area contributed by atoms with Gasteiger partial charge in [-0.2, -0.15) is 0 Å². The van der Waals surface area contributed by atoms with Crippen molar-refractivity contribution in [3.05, 3.63) is 28.8 Å². The molecule has 0 bridgehead atoms. The second kappa shape index (κ2) is 2.89. The predicted octanol–water partition coefficient (Wildman–Crippen LogP) is 0.936. The van der Waals surface area contributed by atoms with Crippen LogP contribution in [0.15, 0.2) is 6.20 Å². The maximum Gasteiger partial charge on any atom is 0.250 e. The summed E-state index contributed by atoms with van der Waals surface area (Å²) in [5.74, 6) is -1.15. The number of primary amides is 1. The first-order chi connectivity index (χ1) is 5.54.